The lowest BCUT2D eigenvalue weighted by Gasteiger charge is -2.48. The SMILES string of the molecule is COC(=O)C[C@@H]1[C@@H](O[Si](c2ccccc2)(c2ccccc2)C(C)(C)C)CCC(=O)[C@@H]1Cc1ccccc1. The van der Waals surface area contributed by atoms with Crippen LogP contribution in [0.3, 0.4) is 0 Å². The summed E-state index contributed by atoms with van der Waals surface area (Å²) in [6, 6.07) is 31.1. The number of benzene rings is 3. The highest BCUT2D eigenvalue weighted by Gasteiger charge is 2.53. The Balaban J connectivity index is 1.81. The summed E-state index contributed by atoms with van der Waals surface area (Å²) in [7, 11) is -1.43. The van der Waals surface area contributed by atoms with E-state index < -0.39 is 8.32 Å². The summed E-state index contributed by atoms with van der Waals surface area (Å²) in [6.45, 7) is 6.76. The Morgan fingerprint density at radius 1 is 0.865 bits per heavy atom. The molecule has 3 aromatic carbocycles. The van der Waals surface area contributed by atoms with Gasteiger partial charge in [-0.05, 0) is 33.8 Å². The number of ether oxygens (including phenoxy) is 1. The molecule has 37 heavy (non-hydrogen) atoms. The van der Waals surface area contributed by atoms with Crippen LogP contribution in [0.15, 0.2) is 91.0 Å². The van der Waals surface area contributed by atoms with Crippen molar-refractivity contribution in [1.29, 1.82) is 0 Å². The number of carbonyl (C=O) groups excluding carboxylic acids is 2. The molecule has 3 aromatic rings. The third-order valence-corrected chi connectivity index (χ3v) is 12.8. The van der Waals surface area contributed by atoms with Crippen molar-refractivity contribution < 1.29 is 18.8 Å². The summed E-state index contributed by atoms with van der Waals surface area (Å²) >= 11 is 0. The lowest BCUT2D eigenvalue weighted by atomic mass is 9.72. The normalized spacial score (nSPS) is 20.4. The van der Waals surface area contributed by atoms with Crippen molar-refractivity contribution in [2.24, 2.45) is 11.8 Å². The molecule has 194 valence electrons. The quantitative estimate of drug-likeness (QED) is 0.301. The molecule has 0 bridgehead atoms. The second kappa shape index (κ2) is 11.6. The summed E-state index contributed by atoms with van der Waals surface area (Å²) < 4.78 is 12.6. The van der Waals surface area contributed by atoms with E-state index in [9.17, 15) is 9.59 Å². The molecule has 0 amide bonds. The van der Waals surface area contributed by atoms with Crippen LogP contribution in [0, 0.1) is 11.8 Å². The third kappa shape index (κ3) is 5.78. The largest absolute Gasteiger partial charge is 0.469 e. The third-order valence-electron chi connectivity index (χ3n) is 7.76. The van der Waals surface area contributed by atoms with Crippen molar-refractivity contribution in [3.05, 3.63) is 96.6 Å². The molecular weight excluding hydrogens is 476 g/mol. The van der Waals surface area contributed by atoms with Crippen LogP contribution in [0.1, 0.15) is 45.6 Å². The number of esters is 1. The van der Waals surface area contributed by atoms with E-state index >= 15 is 0 Å². The average Bonchev–Trinajstić information content (AvgIpc) is 2.91. The van der Waals surface area contributed by atoms with Crippen molar-refractivity contribution in [2.45, 2.75) is 57.6 Å². The molecule has 0 unspecified atom stereocenters. The minimum atomic E-state index is -2.85. The molecule has 0 N–H and O–H groups in total. The van der Waals surface area contributed by atoms with Crippen LogP contribution < -0.4 is 10.4 Å². The minimum Gasteiger partial charge on any atom is -0.469 e. The van der Waals surface area contributed by atoms with Crippen LogP contribution in [-0.4, -0.2) is 33.3 Å². The molecule has 0 spiro atoms. The maximum atomic E-state index is 13.3. The number of hydrogen-bond donors (Lipinski definition) is 0. The van der Waals surface area contributed by atoms with Crippen LogP contribution in [0.2, 0.25) is 5.04 Å². The number of rotatable bonds is 8. The fraction of sp³-hybridized carbons (Fsp3) is 0.375. The monoisotopic (exact) mass is 514 g/mol. The van der Waals surface area contributed by atoms with Crippen molar-refractivity contribution >= 4 is 30.4 Å². The first-order valence-electron chi connectivity index (χ1n) is 13.2. The van der Waals surface area contributed by atoms with Crippen LogP contribution in [0.5, 0.6) is 0 Å². The Kier molecular flexibility index (Phi) is 8.45. The second-order valence-corrected chi connectivity index (χ2v) is 15.3. The van der Waals surface area contributed by atoms with E-state index in [1.54, 1.807) is 0 Å². The summed E-state index contributed by atoms with van der Waals surface area (Å²) in [5, 5.41) is 2.20. The van der Waals surface area contributed by atoms with Crippen LogP contribution in [0.25, 0.3) is 0 Å². The predicted molar refractivity (Wildman–Crippen MR) is 150 cm³/mol. The maximum Gasteiger partial charge on any atom is 0.305 e. The number of carbonyl (C=O) groups is 2. The second-order valence-electron chi connectivity index (χ2n) is 11.1. The van der Waals surface area contributed by atoms with Gasteiger partial charge in [0.15, 0.2) is 0 Å². The zero-order valence-electron chi connectivity index (χ0n) is 22.4. The Morgan fingerprint density at radius 2 is 1.38 bits per heavy atom. The first-order valence-corrected chi connectivity index (χ1v) is 15.1. The van der Waals surface area contributed by atoms with E-state index in [1.165, 1.54) is 17.5 Å². The standard InChI is InChI=1S/C32H38O4Si/c1-32(2,3)37(25-16-10-6-11-17-25,26-18-12-7-13-19-26)36-30-21-20-29(33)27(28(30)23-31(34)35-4)22-24-14-8-5-9-15-24/h5-19,27-28,30H,20-23H2,1-4H3/t27-,28+,30+/m1/s1. The molecule has 0 heterocycles. The first kappa shape index (κ1) is 27.0. The van der Waals surface area contributed by atoms with E-state index in [-0.39, 0.29) is 41.2 Å². The molecule has 0 aliphatic heterocycles. The highest BCUT2D eigenvalue weighted by atomic mass is 28.4. The van der Waals surface area contributed by atoms with Gasteiger partial charge in [0.1, 0.15) is 5.78 Å². The molecule has 1 fully saturated rings. The van der Waals surface area contributed by atoms with Gasteiger partial charge >= 0.3 is 5.97 Å². The molecule has 5 heteroatoms. The van der Waals surface area contributed by atoms with E-state index in [4.69, 9.17) is 9.16 Å². The molecule has 1 aliphatic carbocycles. The Hall–Kier alpha value is -3.02. The number of Topliss-reactive ketones (excluding diaryl/α,β-unsaturated/α-hetero) is 1. The summed E-state index contributed by atoms with van der Waals surface area (Å²) in [4.78, 5) is 26.0. The highest BCUT2D eigenvalue weighted by Crippen LogP contribution is 2.42. The lowest BCUT2D eigenvalue weighted by molar-refractivity contribution is -0.145. The molecule has 1 aliphatic rings. The topological polar surface area (TPSA) is 52.6 Å². The van der Waals surface area contributed by atoms with Crippen molar-refractivity contribution in [3.63, 3.8) is 0 Å². The molecular formula is C32H38O4Si. The molecule has 0 radical (unpaired) electrons. The first-order chi connectivity index (χ1) is 17.8. The Morgan fingerprint density at radius 3 is 1.86 bits per heavy atom. The van der Waals surface area contributed by atoms with E-state index in [1.807, 2.05) is 30.3 Å². The van der Waals surface area contributed by atoms with Gasteiger partial charge in [0.25, 0.3) is 8.32 Å². The molecule has 0 saturated heterocycles. The van der Waals surface area contributed by atoms with Gasteiger partial charge in [0, 0.05) is 18.3 Å². The van der Waals surface area contributed by atoms with Gasteiger partial charge < -0.3 is 9.16 Å². The number of methoxy groups -OCH3 is 1. The van der Waals surface area contributed by atoms with E-state index in [0.717, 1.165) is 5.56 Å². The summed E-state index contributed by atoms with van der Waals surface area (Å²) in [6.07, 6.45) is 1.59. The maximum absolute atomic E-state index is 13.3. The highest BCUT2D eigenvalue weighted by molar-refractivity contribution is 6.99. The van der Waals surface area contributed by atoms with Gasteiger partial charge in [0.05, 0.1) is 19.6 Å². The minimum absolute atomic E-state index is 0.169. The van der Waals surface area contributed by atoms with Gasteiger partial charge in [-0.15, -0.1) is 0 Å². The molecule has 4 rings (SSSR count). The van der Waals surface area contributed by atoms with Gasteiger partial charge in [-0.3, -0.25) is 9.59 Å². The molecule has 4 nitrogen and oxygen atoms in total. The Bertz CT molecular complexity index is 1130. The number of hydrogen-bond acceptors (Lipinski definition) is 4. The fourth-order valence-electron chi connectivity index (χ4n) is 5.93. The fourth-order valence-corrected chi connectivity index (χ4v) is 10.7. The van der Waals surface area contributed by atoms with Crippen molar-refractivity contribution in [2.75, 3.05) is 7.11 Å². The van der Waals surface area contributed by atoms with Crippen molar-refractivity contribution in [3.8, 4) is 0 Å². The zero-order valence-corrected chi connectivity index (χ0v) is 23.4. The Labute approximate surface area is 222 Å². The van der Waals surface area contributed by atoms with Crippen LogP contribution >= 0.6 is 0 Å². The van der Waals surface area contributed by atoms with Gasteiger partial charge in [-0.1, -0.05) is 112 Å². The van der Waals surface area contributed by atoms with E-state index in [2.05, 4.69) is 81.4 Å². The molecule has 1 saturated carbocycles. The predicted octanol–water partition coefficient (Wildman–Crippen LogP) is 5.33. The lowest BCUT2D eigenvalue weighted by Crippen LogP contribution is -2.68. The van der Waals surface area contributed by atoms with E-state index in [0.29, 0.717) is 19.3 Å². The van der Waals surface area contributed by atoms with Crippen LogP contribution in [0.4, 0.5) is 0 Å². The molecule has 3 atom stereocenters. The van der Waals surface area contributed by atoms with Gasteiger partial charge in [-0.25, -0.2) is 0 Å². The average molecular weight is 515 g/mol. The van der Waals surface area contributed by atoms with Crippen LogP contribution in [-0.2, 0) is 25.2 Å². The zero-order chi connectivity index (χ0) is 26.5. The smallest absolute Gasteiger partial charge is 0.305 e. The van der Waals surface area contributed by atoms with Crippen molar-refractivity contribution in [1.82, 2.24) is 0 Å². The number of ketones is 1. The van der Waals surface area contributed by atoms with Gasteiger partial charge in [0.2, 0.25) is 0 Å². The summed E-state index contributed by atoms with van der Waals surface area (Å²) in [5.41, 5.74) is 1.10. The molecule has 0 aromatic heterocycles. The summed E-state index contributed by atoms with van der Waals surface area (Å²) in [5.74, 6) is -0.636. The van der Waals surface area contributed by atoms with Gasteiger partial charge in [-0.2, -0.15) is 0 Å².